The molecule has 0 bridgehead atoms. The summed E-state index contributed by atoms with van der Waals surface area (Å²) >= 11 is 0. The molecule has 0 spiro atoms. The summed E-state index contributed by atoms with van der Waals surface area (Å²) < 4.78 is 0. The van der Waals surface area contributed by atoms with E-state index in [9.17, 15) is 4.79 Å². The Balaban J connectivity index is 4.48. The lowest BCUT2D eigenvalue weighted by atomic mass is 9.86. The lowest BCUT2D eigenvalue weighted by Crippen LogP contribution is -2.38. The Hall–Kier alpha value is -0.660. The Morgan fingerprint density at radius 2 is 1.88 bits per heavy atom. The molecular weight excluding hydrogens is 200 g/mol. The smallest absolute Gasteiger partial charge is 0.235 e. The molecule has 0 fully saturated rings. The van der Waals surface area contributed by atoms with E-state index in [-0.39, 0.29) is 12.1 Å². The minimum Gasteiger partial charge on any atom is -0.326 e. The summed E-state index contributed by atoms with van der Waals surface area (Å²) in [5.74, 6) is 0.429. The molecule has 0 saturated heterocycles. The SMILES string of the molecule is CCCCC(N)C(N=C=O)C(CC)CCC. The molecule has 3 unspecified atom stereocenters. The number of aliphatic imine (C=N–C) groups is 1. The third-order valence-corrected chi connectivity index (χ3v) is 3.20. The van der Waals surface area contributed by atoms with Gasteiger partial charge in [0.25, 0.3) is 0 Å². The Bertz CT molecular complexity index is 212. The van der Waals surface area contributed by atoms with Crippen LogP contribution in [0.5, 0.6) is 0 Å². The summed E-state index contributed by atoms with van der Waals surface area (Å²) in [6.07, 6.45) is 8.12. The van der Waals surface area contributed by atoms with E-state index in [1.165, 1.54) is 0 Å². The quantitative estimate of drug-likeness (QED) is 0.485. The number of unbranched alkanes of at least 4 members (excludes halogenated alkanes) is 1. The van der Waals surface area contributed by atoms with Gasteiger partial charge >= 0.3 is 0 Å². The summed E-state index contributed by atoms with van der Waals surface area (Å²) in [5.41, 5.74) is 6.12. The molecule has 3 atom stereocenters. The van der Waals surface area contributed by atoms with Crippen LogP contribution in [0.4, 0.5) is 0 Å². The van der Waals surface area contributed by atoms with Gasteiger partial charge in [-0.3, -0.25) is 0 Å². The topological polar surface area (TPSA) is 55.4 Å². The summed E-state index contributed by atoms with van der Waals surface area (Å²) in [7, 11) is 0. The first-order valence-corrected chi connectivity index (χ1v) is 6.53. The number of nitrogens with zero attached hydrogens (tertiary/aromatic N) is 1. The van der Waals surface area contributed by atoms with Crippen molar-refractivity contribution in [1.29, 1.82) is 0 Å². The van der Waals surface area contributed by atoms with Crippen molar-refractivity contribution in [3.05, 3.63) is 0 Å². The molecule has 0 aromatic rings. The van der Waals surface area contributed by atoms with E-state index in [2.05, 4.69) is 25.8 Å². The zero-order chi connectivity index (χ0) is 12.4. The van der Waals surface area contributed by atoms with Crippen LogP contribution in [0.15, 0.2) is 4.99 Å². The fourth-order valence-corrected chi connectivity index (χ4v) is 2.21. The Labute approximate surface area is 99.5 Å². The number of hydrogen-bond acceptors (Lipinski definition) is 3. The Morgan fingerprint density at radius 1 is 1.19 bits per heavy atom. The van der Waals surface area contributed by atoms with Gasteiger partial charge in [0.05, 0.1) is 6.04 Å². The fourth-order valence-electron chi connectivity index (χ4n) is 2.21. The largest absolute Gasteiger partial charge is 0.326 e. The van der Waals surface area contributed by atoms with Crippen molar-refractivity contribution in [2.75, 3.05) is 0 Å². The van der Waals surface area contributed by atoms with Crippen molar-refractivity contribution in [2.45, 2.75) is 71.4 Å². The molecule has 0 aromatic carbocycles. The van der Waals surface area contributed by atoms with Gasteiger partial charge in [0.1, 0.15) is 0 Å². The van der Waals surface area contributed by atoms with Crippen molar-refractivity contribution >= 4 is 6.08 Å². The van der Waals surface area contributed by atoms with Crippen LogP contribution >= 0.6 is 0 Å². The molecule has 0 aromatic heterocycles. The van der Waals surface area contributed by atoms with Crippen molar-refractivity contribution in [2.24, 2.45) is 16.6 Å². The molecule has 3 heteroatoms. The number of isocyanates is 1. The average molecular weight is 226 g/mol. The second-order valence-corrected chi connectivity index (χ2v) is 4.47. The zero-order valence-electron chi connectivity index (χ0n) is 10.9. The maximum atomic E-state index is 10.5. The highest BCUT2D eigenvalue weighted by atomic mass is 16.1. The summed E-state index contributed by atoms with van der Waals surface area (Å²) in [5, 5.41) is 0. The number of rotatable bonds is 9. The van der Waals surface area contributed by atoms with E-state index >= 15 is 0 Å². The molecule has 16 heavy (non-hydrogen) atoms. The molecule has 0 aliphatic carbocycles. The maximum absolute atomic E-state index is 10.5. The molecule has 0 radical (unpaired) electrons. The van der Waals surface area contributed by atoms with E-state index in [0.717, 1.165) is 38.5 Å². The monoisotopic (exact) mass is 226 g/mol. The molecular formula is C13H26N2O. The average Bonchev–Trinajstić information content (AvgIpc) is 2.30. The van der Waals surface area contributed by atoms with Gasteiger partial charge in [0, 0.05) is 6.04 Å². The lowest BCUT2D eigenvalue weighted by molar-refractivity contribution is 0.322. The third-order valence-electron chi connectivity index (χ3n) is 3.20. The van der Waals surface area contributed by atoms with Crippen LogP contribution in [0.2, 0.25) is 0 Å². The molecule has 0 saturated carbocycles. The van der Waals surface area contributed by atoms with Crippen LogP contribution in [0, 0.1) is 5.92 Å². The first kappa shape index (κ1) is 15.3. The van der Waals surface area contributed by atoms with E-state index in [1.807, 2.05) is 0 Å². The van der Waals surface area contributed by atoms with Gasteiger partial charge in [-0.05, 0) is 18.8 Å². The fraction of sp³-hybridized carbons (Fsp3) is 0.923. The molecule has 0 aliphatic rings. The summed E-state index contributed by atoms with van der Waals surface area (Å²) in [6, 6.07) is -0.0214. The van der Waals surface area contributed by atoms with Crippen LogP contribution in [0.1, 0.15) is 59.3 Å². The van der Waals surface area contributed by atoms with E-state index in [1.54, 1.807) is 6.08 Å². The first-order valence-electron chi connectivity index (χ1n) is 6.53. The Morgan fingerprint density at radius 3 is 2.31 bits per heavy atom. The van der Waals surface area contributed by atoms with Crippen molar-refractivity contribution in [3.63, 3.8) is 0 Å². The highest BCUT2D eigenvalue weighted by molar-refractivity contribution is 5.34. The first-order chi connectivity index (χ1) is 7.71. The van der Waals surface area contributed by atoms with Gasteiger partial charge in [0.15, 0.2) is 0 Å². The molecule has 3 nitrogen and oxygen atoms in total. The van der Waals surface area contributed by atoms with Crippen LogP contribution in [-0.4, -0.2) is 18.2 Å². The number of nitrogens with two attached hydrogens (primary N) is 1. The highest BCUT2D eigenvalue weighted by Gasteiger charge is 2.24. The minimum absolute atomic E-state index is 0.0119. The van der Waals surface area contributed by atoms with Gasteiger partial charge < -0.3 is 5.73 Å². The van der Waals surface area contributed by atoms with Crippen molar-refractivity contribution in [3.8, 4) is 0 Å². The van der Waals surface area contributed by atoms with Crippen molar-refractivity contribution in [1.82, 2.24) is 0 Å². The predicted molar refractivity (Wildman–Crippen MR) is 68.1 cm³/mol. The minimum atomic E-state index is -0.0333. The molecule has 0 aliphatic heterocycles. The number of carbonyl (C=O) groups excluding carboxylic acids is 1. The second-order valence-electron chi connectivity index (χ2n) is 4.47. The highest BCUT2D eigenvalue weighted by Crippen LogP contribution is 2.22. The second kappa shape index (κ2) is 9.56. The maximum Gasteiger partial charge on any atom is 0.235 e. The van der Waals surface area contributed by atoms with E-state index < -0.39 is 0 Å². The Kier molecular flexibility index (Phi) is 9.16. The normalized spacial score (nSPS) is 16.2. The number of hydrogen-bond donors (Lipinski definition) is 1. The van der Waals surface area contributed by atoms with Gasteiger partial charge in [-0.2, -0.15) is 0 Å². The van der Waals surface area contributed by atoms with Gasteiger partial charge in [-0.15, -0.1) is 0 Å². The molecule has 94 valence electrons. The molecule has 0 heterocycles. The van der Waals surface area contributed by atoms with Gasteiger partial charge in [-0.25, -0.2) is 9.79 Å². The molecule has 2 N–H and O–H groups in total. The molecule has 0 amide bonds. The van der Waals surface area contributed by atoms with E-state index in [0.29, 0.717) is 5.92 Å². The lowest BCUT2D eigenvalue weighted by Gasteiger charge is -2.26. The van der Waals surface area contributed by atoms with Crippen LogP contribution in [0.25, 0.3) is 0 Å². The van der Waals surface area contributed by atoms with Crippen LogP contribution in [0.3, 0.4) is 0 Å². The zero-order valence-corrected chi connectivity index (χ0v) is 10.9. The summed E-state index contributed by atoms with van der Waals surface area (Å²) in [6.45, 7) is 6.44. The third kappa shape index (κ3) is 5.43. The van der Waals surface area contributed by atoms with Crippen LogP contribution < -0.4 is 5.73 Å². The molecule has 0 rings (SSSR count). The van der Waals surface area contributed by atoms with E-state index in [4.69, 9.17) is 5.73 Å². The van der Waals surface area contributed by atoms with Crippen molar-refractivity contribution < 1.29 is 4.79 Å². The predicted octanol–water partition coefficient (Wildman–Crippen LogP) is 3.03. The summed E-state index contributed by atoms with van der Waals surface area (Å²) in [4.78, 5) is 14.4. The van der Waals surface area contributed by atoms with Crippen LogP contribution in [-0.2, 0) is 4.79 Å². The van der Waals surface area contributed by atoms with Gasteiger partial charge in [0.2, 0.25) is 6.08 Å². The van der Waals surface area contributed by atoms with Gasteiger partial charge in [-0.1, -0.05) is 46.5 Å². The standard InChI is InChI=1S/C13H26N2O/c1-4-7-9-12(14)13(15-10-16)11(6-3)8-5-2/h11-13H,4-9,14H2,1-3H3.